The van der Waals surface area contributed by atoms with Crippen LogP contribution in [0.2, 0.25) is 20.1 Å². The van der Waals surface area contributed by atoms with E-state index in [0.29, 0.717) is 49.5 Å². The van der Waals surface area contributed by atoms with Crippen molar-refractivity contribution in [1.82, 2.24) is 0 Å². The van der Waals surface area contributed by atoms with Crippen molar-refractivity contribution >= 4 is 63.9 Å². The monoisotopic (exact) mass is 484 g/mol. The molecule has 0 aliphatic heterocycles. The van der Waals surface area contributed by atoms with E-state index in [1.54, 1.807) is 42.5 Å². The Labute approximate surface area is 194 Å². The van der Waals surface area contributed by atoms with Crippen LogP contribution in [0.4, 0.5) is 0 Å². The van der Waals surface area contributed by atoms with Crippen LogP contribution in [-0.4, -0.2) is 11.5 Å². The fourth-order valence-electron chi connectivity index (χ4n) is 2.51. The maximum atomic E-state index is 12.4. The lowest BCUT2D eigenvalue weighted by molar-refractivity contribution is 0.102. The molecule has 3 aromatic rings. The molecule has 0 bridgehead atoms. The highest BCUT2D eigenvalue weighted by Crippen LogP contribution is 2.26. The number of hydrogen-bond donors (Lipinski definition) is 0. The van der Waals surface area contributed by atoms with E-state index in [9.17, 15) is 4.79 Å². The van der Waals surface area contributed by atoms with Gasteiger partial charge in [0.15, 0.2) is 5.78 Å². The van der Waals surface area contributed by atoms with Gasteiger partial charge in [0.1, 0.15) is 12.4 Å². The zero-order valence-corrected chi connectivity index (χ0v) is 19.0. The molecule has 0 atom stereocenters. The summed E-state index contributed by atoms with van der Waals surface area (Å²) in [5, 5.41) is 2.05. The summed E-state index contributed by atoms with van der Waals surface area (Å²) in [7, 11) is 0. The lowest BCUT2D eigenvalue weighted by Crippen LogP contribution is -2.03. The van der Waals surface area contributed by atoms with Crippen molar-refractivity contribution in [3.8, 4) is 5.75 Å². The normalized spacial score (nSPS) is 10.8. The summed E-state index contributed by atoms with van der Waals surface area (Å²) in [6.45, 7) is 0.365. The summed E-state index contributed by atoms with van der Waals surface area (Å²) in [6.07, 6.45) is 0. The fraction of sp³-hybridized carbons (Fsp3) is 0.136. The highest BCUT2D eigenvalue weighted by Gasteiger charge is 2.08. The molecule has 0 amide bonds. The van der Waals surface area contributed by atoms with Gasteiger partial charge in [-0.1, -0.05) is 58.5 Å². The number of halogens is 4. The Bertz CT molecular complexity index is 1010. The standard InChI is InChI=1S/C22H16Cl4O2S/c23-18-7-1-14(9-20(18)25)11-28-17-5-3-16(4-6-17)22(27)13-29-12-15-2-8-19(24)21(26)10-15/h1-10H,11-13H2. The summed E-state index contributed by atoms with van der Waals surface area (Å²) >= 11 is 25.4. The molecule has 0 fully saturated rings. The molecule has 0 N–H and O–H groups in total. The average Bonchev–Trinajstić information content (AvgIpc) is 2.72. The molecular weight excluding hydrogens is 470 g/mol. The van der Waals surface area contributed by atoms with E-state index in [1.165, 1.54) is 11.8 Å². The van der Waals surface area contributed by atoms with Gasteiger partial charge in [0.2, 0.25) is 0 Å². The van der Waals surface area contributed by atoms with Crippen molar-refractivity contribution in [3.63, 3.8) is 0 Å². The summed E-state index contributed by atoms with van der Waals surface area (Å²) in [4.78, 5) is 12.4. The smallest absolute Gasteiger partial charge is 0.172 e. The predicted octanol–water partition coefficient (Wildman–Crippen LogP) is 8.00. The molecule has 0 saturated carbocycles. The Morgan fingerprint density at radius 2 is 1.34 bits per heavy atom. The van der Waals surface area contributed by atoms with Gasteiger partial charge in [-0.2, -0.15) is 0 Å². The number of thioether (sulfide) groups is 1. The second-order valence-corrected chi connectivity index (χ2v) is 8.84. The summed E-state index contributed by atoms with van der Waals surface area (Å²) in [5.41, 5.74) is 2.59. The van der Waals surface area contributed by atoms with Crippen LogP contribution in [0.1, 0.15) is 21.5 Å². The van der Waals surface area contributed by atoms with Crippen LogP contribution in [-0.2, 0) is 12.4 Å². The first-order valence-electron chi connectivity index (χ1n) is 8.64. The quantitative estimate of drug-likeness (QED) is 0.302. The van der Waals surface area contributed by atoms with Crippen LogP contribution < -0.4 is 4.74 Å². The molecular formula is C22H16Cl4O2S. The topological polar surface area (TPSA) is 26.3 Å². The minimum Gasteiger partial charge on any atom is -0.489 e. The Hall–Kier alpha value is -1.36. The number of carbonyl (C=O) groups is 1. The second-order valence-electron chi connectivity index (χ2n) is 6.23. The Balaban J connectivity index is 1.49. The highest BCUT2D eigenvalue weighted by atomic mass is 35.5. The second kappa shape index (κ2) is 10.6. The van der Waals surface area contributed by atoms with E-state index < -0.39 is 0 Å². The van der Waals surface area contributed by atoms with Gasteiger partial charge in [-0.25, -0.2) is 0 Å². The molecule has 2 nitrogen and oxygen atoms in total. The Morgan fingerprint density at radius 3 is 1.97 bits per heavy atom. The summed E-state index contributed by atoms with van der Waals surface area (Å²) in [6, 6.07) is 18.0. The van der Waals surface area contributed by atoms with Crippen LogP contribution in [0.25, 0.3) is 0 Å². The number of ether oxygens (including phenoxy) is 1. The highest BCUT2D eigenvalue weighted by molar-refractivity contribution is 7.99. The van der Waals surface area contributed by atoms with Crippen molar-refractivity contribution in [2.75, 3.05) is 5.75 Å². The van der Waals surface area contributed by atoms with Crippen molar-refractivity contribution in [2.24, 2.45) is 0 Å². The number of carbonyl (C=O) groups excluding carboxylic acids is 1. The van der Waals surface area contributed by atoms with Crippen molar-refractivity contribution < 1.29 is 9.53 Å². The lowest BCUT2D eigenvalue weighted by atomic mass is 10.1. The SMILES string of the molecule is O=C(CSCc1ccc(Cl)c(Cl)c1)c1ccc(OCc2ccc(Cl)c(Cl)c2)cc1. The molecule has 0 saturated heterocycles. The van der Waals surface area contributed by atoms with Crippen LogP contribution in [0.5, 0.6) is 5.75 Å². The Morgan fingerprint density at radius 1 is 0.759 bits per heavy atom. The maximum absolute atomic E-state index is 12.4. The van der Waals surface area contributed by atoms with Gasteiger partial charge < -0.3 is 4.74 Å². The third kappa shape index (κ3) is 6.56. The van der Waals surface area contributed by atoms with Gasteiger partial charge in [-0.05, 0) is 59.7 Å². The van der Waals surface area contributed by atoms with Crippen LogP contribution in [0.15, 0.2) is 60.7 Å². The first kappa shape index (κ1) is 22.3. The molecule has 3 aromatic carbocycles. The fourth-order valence-corrected chi connectivity index (χ4v) is 4.02. The molecule has 150 valence electrons. The van der Waals surface area contributed by atoms with E-state index in [2.05, 4.69) is 0 Å². The minimum absolute atomic E-state index is 0.0612. The zero-order valence-electron chi connectivity index (χ0n) is 15.1. The van der Waals surface area contributed by atoms with E-state index in [4.69, 9.17) is 51.1 Å². The van der Waals surface area contributed by atoms with Crippen LogP contribution in [0.3, 0.4) is 0 Å². The van der Waals surface area contributed by atoms with E-state index in [1.807, 2.05) is 18.2 Å². The van der Waals surface area contributed by atoms with Gasteiger partial charge in [0.25, 0.3) is 0 Å². The largest absolute Gasteiger partial charge is 0.489 e. The molecule has 7 heteroatoms. The number of hydrogen-bond acceptors (Lipinski definition) is 3. The summed E-state index contributed by atoms with van der Waals surface area (Å²) in [5.74, 6) is 1.80. The van der Waals surface area contributed by atoms with Crippen molar-refractivity contribution in [1.29, 1.82) is 0 Å². The number of Topliss-reactive ketones (excluding diaryl/α,β-unsaturated/α-hetero) is 1. The van der Waals surface area contributed by atoms with Gasteiger partial charge in [-0.3, -0.25) is 4.79 Å². The molecule has 0 spiro atoms. The van der Waals surface area contributed by atoms with Gasteiger partial charge in [-0.15, -0.1) is 11.8 Å². The first-order chi connectivity index (χ1) is 13.9. The third-order valence-corrected chi connectivity index (χ3v) is 6.53. The van der Waals surface area contributed by atoms with E-state index in [-0.39, 0.29) is 5.78 Å². The molecule has 0 aliphatic rings. The number of ketones is 1. The minimum atomic E-state index is 0.0612. The Kier molecular flexibility index (Phi) is 8.16. The summed E-state index contributed by atoms with van der Waals surface area (Å²) < 4.78 is 5.74. The number of rotatable bonds is 8. The van der Waals surface area contributed by atoms with Gasteiger partial charge in [0.05, 0.1) is 25.8 Å². The zero-order chi connectivity index (χ0) is 20.8. The molecule has 0 aliphatic carbocycles. The first-order valence-corrected chi connectivity index (χ1v) is 11.3. The van der Waals surface area contributed by atoms with Crippen molar-refractivity contribution in [3.05, 3.63) is 97.4 Å². The molecule has 29 heavy (non-hydrogen) atoms. The van der Waals surface area contributed by atoms with Gasteiger partial charge >= 0.3 is 0 Å². The van der Waals surface area contributed by atoms with Crippen LogP contribution >= 0.6 is 58.2 Å². The predicted molar refractivity (Wildman–Crippen MR) is 124 cm³/mol. The molecule has 0 radical (unpaired) electrons. The molecule has 0 aromatic heterocycles. The van der Waals surface area contributed by atoms with E-state index >= 15 is 0 Å². The molecule has 3 rings (SSSR count). The molecule has 0 heterocycles. The average molecular weight is 486 g/mol. The van der Waals surface area contributed by atoms with Gasteiger partial charge in [0, 0.05) is 11.3 Å². The van der Waals surface area contributed by atoms with E-state index in [0.717, 1.165) is 11.1 Å². The van der Waals surface area contributed by atoms with Crippen molar-refractivity contribution in [2.45, 2.75) is 12.4 Å². The maximum Gasteiger partial charge on any atom is 0.172 e. The van der Waals surface area contributed by atoms with Crippen LogP contribution in [0, 0.1) is 0 Å². The third-order valence-electron chi connectivity index (χ3n) is 4.05. The molecule has 0 unspecified atom stereocenters. The lowest BCUT2D eigenvalue weighted by Gasteiger charge is -2.08. The number of benzene rings is 3.